The molecule has 0 radical (unpaired) electrons. The monoisotopic (exact) mass is 322 g/mol. The van der Waals surface area contributed by atoms with E-state index in [9.17, 15) is 14.9 Å². The first-order valence-corrected chi connectivity index (χ1v) is 8.19. The number of rotatable bonds is 11. The molecule has 0 aliphatic carbocycles. The van der Waals surface area contributed by atoms with Crippen molar-refractivity contribution in [2.75, 3.05) is 13.2 Å². The minimum atomic E-state index is -0.499. The van der Waals surface area contributed by atoms with Crippen LogP contribution in [-0.2, 0) is 4.74 Å². The first kappa shape index (κ1) is 19.1. The molecule has 0 spiro atoms. The lowest BCUT2D eigenvalue weighted by Gasteiger charge is -2.13. The van der Waals surface area contributed by atoms with E-state index in [-0.39, 0.29) is 12.3 Å². The Morgan fingerprint density at radius 2 is 1.96 bits per heavy atom. The molecule has 1 N–H and O–H groups in total. The van der Waals surface area contributed by atoms with Crippen LogP contribution < -0.4 is 5.32 Å². The van der Waals surface area contributed by atoms with Gasteiger partial charge in [-0.2, -0.15) is 0 Å². The maximum Gasteiger partial charge on any atom is 0.338 e. The number of carbonyl (C=O) groups is 1. The summed E-state index contributed by atoms with van der Waals surface area (Å²) in [5.41, 5.74) is 0.281. The summed E-state index contributed by atoms with van der Waals surface area (Å²) >= 11 is 0. The normalized spacial score (nSPS) is 11.9. The molecule has 1 aromatic rings. The summed E-state index contributed by atoms with van der Waals surface area (Å²) in [7, 11) is 0. The molecule has 0 aliphatic rings. The van der Waals surface area contributed by atoms with E-state index < -0.39 is 10.9 Å². The van der Waals surface area contributed by atoms with Gasteiger partial charge in [-0.15, -0.1) is 0 Å². The lowest BCUT2D eigenvalue weighted by Crippen LogP contribution is -2.30. The smallest absolute Gasteiger partial charge is 0.338 e. The summed E-state index contributed by atoms with van der Waals surface area (Å²) < 4.78 is 5.15. The minimum Gasteiger partial charge on any atom is -0.461 e. The van der Waals surface area contributed by atoms with Gasteiger partial charge in [-0.1, -0.05) is 32.6 Å². The van der Waals surface area contributed by atoms with Gasteiger partial charge in [-0.3, -0.25) is 10.1 Å². The van der Waals surface area contributed by atoms with Crippen LogP contribution in [0.2, 0.25) is 0 Å². The fourth-order valence-electron chi connectivity index (χ4n) is 2.23. The topological polar surface area (TPSA) is 81.5 Å². The van der Waals surface area contributed by atoms with Crippen molar-refractivity contribution in [3.8, 4) is 0 Å². The highest BCUT2D eigenvalue weighted by Crippen LogP contribution is 2.12. The van der Waals surface area contributed by atoms with Crippen LogP contribution in [0.5, 0.6) is 0 Å². The predicted octanol–water partition coefficient (Wildman–Crippen LogP) is 3.70. The van der Waals surface area contributed by atoms with Crippen molar-refractivity contribution in [3.05, 3.63) is 39.9 Å². The summed E-state index contributed by atoms with van der Waals surface area (Å²) in [6, 6.07) is 5.82. The van der Waals surface area contributed by atoms with Crippen LogP contribution in [0.25, 0.3) is 0 Å². The maximum atomic E-state index is 11.8. The van der Waals surface area contributed by atoms with Crippen LogP contribution in [0, 0.1) is 10.1 Å². The molecule has 1 rings (SSSR count). The number of hydrogen-bond acceptors (Lipinski definition) is 5. The second-order valence-corrected chi connectivity index (χ2v) is 5.64. The van der Waals surface area contributed by atoms with Crippen LogP contribution in [0.4, 0.5) is 5.69 Å². The second kappa shape index (κ2) is 10.7. The van der Waals surface area contributed by atoms with Gasteiger partial charge < -0.3 is 10.1 Å². The zero-order valence-electron chi connectivity index (χ0n) is 13.9. The molecular weight excluding hydrogens is 296 g/mol. The van der Waals surface area contributed by atoms with E-state index in [0.29, 0.717) is 18.2 Å². The molecule has 0 saturated heterocycles. The minimum absolute atomic E-state index is 0.0416. The molecule has 0 fully saturated rings. The molecule has 1 aromatic carbocycles. The number of unbranched alkanes of at least 4 members (excludes halogenated alkanes) is 3. The average molecular weight is 322 g/mol. The number of benzene rings is 1. The molecular formula is C17H26N2O4. The Morgan fingerprint density at radius 3 is 2.57 bits per heavy atom. The van der Waals surface area contributed by atoms with Crippen molar-refractivity contribution in [3.63, 3.8) is 0 Å². The molecule has 1 atom stereocenters. The van der Waals surface area contributed by atoms with Crippen LogP contribution in [0.15, 0.2) is 24.3 Å². The maximum absolute atomic E-state index is 11.8. The standard InChI is InChI=1S/C17H26N2O4/c1-3-4-5-6-7-14(2)18-12-13-23-17(20)15-8-10-16(11-9-15)19(21)22/h8-11,14,18H,3-7,12-13H2,1-2H3/t14-/m0/s1. The van der Waals surface area contributed by atoms with Crippen molar-refractivity contribution < 1.29 is 14.5 Å². The van der Waals surface area contributed by atoms with E-state index in [0.717, 1.165) is 6.42 Å². The van der Waals surface area contributed by atoms with Gasteiger partial charge in [-0.25, -0.2) is 4.79 Å². The number of hydrogen-bond donors (Lipinski definition) is 1. The largest absolute Gasteiger partial charge is 0.461 e. The zero-order valence-corrected chi connectivity index (χ0v) is 13.9. The molecule has 0 aliphatic heterocycles. The summed E-state index contributed by atoms with van der Waals surface area (Å²) in [6.07, 6.45) is 6.11. The summed E-state index contributed by atoms with van der Waals surface area (Å²) in [5.74, 6) is -0.461. The first-order chi connectivity index (χ1) is 11.0. The number of esters is 1. The van der Waals surface area contributed by atoms with Crippen LogP contribution in [0.1, 0.15) is 56.3 Å². The van der Waals surface area contributed by atoms with E-state index in [1.165, 1.54) is 49.9 Å². The van der Waals surface area contributed by atoms with Crippen molar-refractivity contribution >= 4 is 11.7 Å². The predicted molar refractivity (Wildman–Crippen MR) is 89.6 cm³/mol. The third-order valence-electron chi connectivity index (χ3n) is 3.63. The number of non-ortho nitro benzene ring substituents is 1. The highest BCUT2D eigenvalue weighted by molar-refractivity contribution is 5.89. The van der Waals surface area contributed by atoms with Crippen molar-refractivity contribution in [2.45, 2.75) is 52.0 Å². The van der Waals surface area contributed by atoms with Gasteiger partial charge >= 0.3 is 5.97 Å². The molecule has 6 heteroatoms. The van der Waals surface area contributed by atoms with E-state index in [1.807, 2.05) is 0 Å². The van der Waals surface area contributed by atoms with E-state index >= 15 is 0 Å². The van der Waals surface area contributed by atoms with Gasteiger partial charge in [0.25, 0.3) is 5.69 Å². The molecule has 0 aromatic heterocycles. The third kappa shape index (κ3) is 7.74. The van der Waals surface area contributed by atoms with Gasteiger partial charge in [0.05, 0.1) is 10.5 Å². The molecule has 23 heavy (non-hydrogen) atoms. The molecule has 6 nitrogen and oxygen atoms in total. The summed E-state index contributed by atoms with van der Waals surface area (Å²) in [4.78, 5) is 21.8. The Bertz CT molecular complexity index is 488. The zero-order chi connectivity index (χ0) is 17.1. The van der Waals surface area contributed by atoms with E-state index in [4.69, 9.17) is 4.74 Å². The highest BCUT2D eigenvalue weighted by atomic mass is 16.6. The molecule has 128 valence electrons. The van der Waals surface area contributed by atoms with E-state index in [1.54, 1.807) is 0 Å². The Morgan fingerprint density at radius 1 is 1.26 bits per heavy atom. The number of carbonyl (C=O) groups excluding carboxylic acids is 1. The Hall–Kier alpha value is -1.95. The molecule has 0 heterocycles. The number of nitrogens with zero attached hydrogens (tertiary/aromatic N) is 1. The lowest BCUT2D eigenvalue weighted by molar-refractivity contribution is -0.384. The second-order valence-electron chi connectivity index (χ2n) is 5.64. The van der Waals surface area contributed by atoms with Crippen LogP contribution >= 0.6 is 0 Å². The third-order valence-corrected chi connectivity index (χ3v) is 3.63. The van der Waals surface area contributed by atoms with Gasteiger partial charge in [0, 0.05) is 24.7 Å². The van der Waals surface area contributed by atoms with Crippen LogP contribution in [0.3, 0.4) is 0 Å². The summed E-state index contributed by atoms with van der Waals surface area (Å²) in [6.45, 7) is 5.22. The SMILES string of the molecule is CCCCCC[C@H](C)NCCOC(=O)c1ccc([N+](=O)[O-])cc1. The molecule has 0 unspecified atom stereocenters. The fourth-order valence-corrected chi connectivity index (χ4v) is 2.23. The Labute approximate surface area is 137 Å². The van der Waals surface area contributed by atoms with E-state index in [2.05, 4.69) is 19.2 Å². The number of nitro groups is 1. The average Bonchev–Trinajstić information content (AvgIpc) is 2.55. The lowest BCUT2D eigenvalue weighted by atomic mass is 10.1. The van der Waals surface area contributed by atoms with Gasteiger partial charge in [-0.05, 0) is 25.5 Å². The Kier molecular flexibility index (Phi) is 8.90. The molecule has 0 saturated carbocycles. The number of ether oxygens (including phenoxy) is 1. The van der Waals surface area contributed by atoms with Crippen LogP contribution in [-0.4, -0.2) is 30.1 Å². The van der Waals surface area contributed by atoms with Crippen molar-refractivity contribution in [2.24, 2.45) is 0 Å². The first-order valence-electron chi connectivity index (χ1n) is 8.19. The number of nitro benzene ring substituents is 1. The fraction of sp³-hybridized carbons (Fsp3) is 0.588. The van der Waals surface area contributed by atoms with Crippen molar-refractivity contribution in [1.29, 1.82) is 0 Å². The quantitative estimate of drug-likeness (QED) is 0.291. The number of nitrogens with one attached hydrogen (secondary N) is 1. The summed E-state index contributed by atoms with van der Waals surface area (Å²) in [5, 5.41) is 13.9. The molecule has 0 amide bonds. The van der Waals surface area contributed by atoms with Gasteiger partial charge in [0.1, 0.15) is 6.61 Å². The Balaban J connectivity index is 2.19. The van der Waals surface area contributed by atoms with Crippen molar-refractivity contribution in [1.82, 2.24) is 5.32 Å². The highest BCUT2D eigenvalue weighted by Gasteiger charge is 2.10. The van der Waals surface area contributed by atoms with Gasteiger partial charge in [0.15, 0.2) is 0 Å². The molecule has 0 bridgehead atoms. The van der Waals surface area contributed by atoms with Gasteiger partial charge in [0.2, 0.25) is 0 Å².